The van der Waals surface area contributed by atoms with Crippen molar-refractivity contribution in [2.75, 3.05) is 20.2 Å². The number of amides is 1. The van der Waals surface area contributed by atoms with Crippen molar-refractivity contribution in [3.63, 3.8) is 0 Å². The van der Waals surface area contributed by atoms with E-state index >= 15 is 0 Å². The predicted molar refractivity (Wildman–Crippen MR) is 72.1 cm³/mol. The molecule has 0 aromatic heterocycles. The molecular weight excluding hydrogens is 277 g/mol. The number of methoxy groups -OCH3 is 1. The molecule has 2 rings (SSSR count). The van der Waals surface area contributed by atoms with E-state index in [9.17, 15) is 18.8 Å². The number of Topliss-reactive ketones (excluding diaryl/α,β-unsaturated/α-hetero) is 1. The van der Waals surface area contributed by atoms with Gasteiger partial charge in [-0.05, 0) is 24.6 Å². The van der Waals surface area contributed by atoms with Gasteiger partial charge in [0.15, 0.2) is 0 Å². The Morgan fingerprint density at radius 1 is 1.33 bits per heavy atom. The number of hydrogen-bond donors (Lipinski definition) is 0. The van der Waals surface area contributed by atoms with E-state index in [2.05, 4.69) is 4.74 Å². The van der Waals surface area contributed by atoms with E-state index in [-0.39, 0.29) is 43.2 Å². The SMILES string of the molecule is COC(=O)C1CCN(C(=O)c2cccc(F)c2)CCC1=O. The maximum Gasteiger partial charge on any atom is 0.316 e. The molecule has 0 N–H and O–H groups in total. The molecule has 6 heteroatoms. The molecular formula is C15H16FNO4. The molecule has 1 unspecified atom stereocenters. The predicted octanol–water partition coefficient (Wildman–Crippen LogP) is 1.42. The van der Waals surface area contributed by atoms with Crippen LogP contribution in [0.4, 0.5) is 4.39 Å². The van der Waals surface area contributed by atoms with E-state index < -0.39 is 17.7 Å². The van der Waals surface area contributed by atoms with Gasteiger partial charge in [-0.25, -0.2) is 4.39 Å². The van der Waals surface area contributed by atoms with Gasteiger partial charge in [0.25, 0.3) is 5.91 Å². The van der Waals surface area contributed by atoms with Crippen molar-refractivity contribution < 1.29 is 23.5 Å². The number of ketones is 1. The Hall–Kier alpha value is -2.24. The molecule has 0 saturated carbocycles. The Morgan fingerprint density at radius 2 is 2.10 bits per heavy atom. The molecule has 1 heterocycles. The van der Waals surface area contributed by atoms with Crippen LogP contribution in [-0.4, -0.2) is 42.8 Å². The Kier molecular flexibility index (Phi) is 4.67. The molecule has 1 fully saturated rings. The molecule has 1 amide bonds. The van der Waals surface area contributed by atoms with Crippen molar-refractivity contribution in [2.45, 2.75) is 12.8 Å². The molecule has 1 aliphatic rings. The average Bonchev–Trinajstić information content (AvgIpc) is 2.68. The van der Waals surface area contributed by atoms with Crippen molar-refractivity contribution in [2.24, 2.45) is 5.92 Å². The molecule has 5 nitrogen and oxygen atoms in total. The average molecular weight is 293 g/mol. The first-order valence-electron chi connectivity index (χ1n) is 6.68. The molecule has 0 spiro atoms. The Labute approximate surface area is 121 Å². The standard InChI is InChI=1S/C15H16FNO4/c1-21-15(20)12-5-7-17(8-6-13(12)18)14(19)10-3-2-4-11(16)9-10/h2-4,9,12H,5-8H2,1H3. The molecule has 0 aliphatic carbocycles. The number of ether oxygens (including phenoxy) is 1. The fourth-order valence-electron chi connectivity index (χ4n) is 2.38. The van der Waals surface area contributed by atoms with Gasteiger partial charge in [0.2, 0.25) is 0 Å². The van der Waals surface area contributed by atoms with Crippen LogP contribution in [-0.2, 0) is 14.3 Å². The van der Waals surface area contributed by atoms with Gasteiger partial charge < -0.3 is 9.64 Å². The quantitative estimate of drug-likeness (QED) is 0.611. The summed E-state index contributed by atoms with van der Waals surface area (Å²) >= 11 is 0. The molecule has 1 atom stereocenters. The molecule has 1 saturated heterocycles. The van der Waals surface area contributed by atoms with E-state index in [1.54, 1.807) is 0 Å². The van der Waals surface area contributed by atoms with Crippen molar-refractivity contribution >= 4 is 17.7 Å². The molecule has 1 aliphatic heterocycles. The molecule has 0 radical (unpaired) electrons. The van der Waals surface area contributed by atoms with Crippen molar-refractivity contribution in [3.8, 4) is 0 Å². The van der Waals surface area contributed by atoms with Gasteiger partial charge in [-0.3, -0.25) is 14.4 Å². The zero-order valence-electron chi connectivity index (χ0n) is 11.7. The van der Waals surface area contributed by atoms with Crippen LogP contribution in [0, 0.1) is 11.7 Å². The minimum Gasteiger partial charge on any atom is -0.468 e. The van der Waals surface area contributed by atoms with Crippen molar-refractivity contribution in [3.05, 3.63) is 35.6 Å². The summed E-state index contributed by atoms with van der Waals surface area (Å²) in [6, 6.07) is 5.40. The highest BCUT2D eigenvalue weighted by Crippen LogP contribution is 2.18. The van der Waals surface area contributed by atoms with E-state index in [4.69, 9.17) is 0 Å². The first-order valence-corrected chi connectivity index (χ1v) is 6.68. The Morgan fingerprint density at radius 3 is 2.76 bits per heavy atom. The number of benzene rings is 1. The maximum atomic E-state index is 13.2. The number of likely N-dealkylation sites (tertiary alicyclic amines) is 1. The lowest BCUT2D eigenvalue weighted by Crippen LogP contribution is -2.32. The number of nitrogens with zero attached hydrogens (tertiary/aromatic N) is 1. The maximum absolute atomic E-state index is 13.2. The number of halogens is 1. The summed E-state index contributed by atoms with van der Waals surface area (Å²) in [5.74, 6) is -2.44. The summed E-state index contributed by atoms with van der Waals surface area (Å²) in [7, 11) is 1.23. The lowest BCUT2D eigenvalue weighted by atomic mass is 10.00. The van der Waals surface area contributed by atoms with Gasteiger partial charge in [0.05, 0.1) is 7.11 Å². The zero-order chi connectivity index (χ0) is 15.4. The fraction of sp³-hybridized carbons (Fsp3) is 0.400. The largest absolute Gasteiger partial charge is 0.468 e. The molecule has 0 bridgehead atoms. The van der Waals surface area contributed by atoms with Crippen LogP contribution >= 0.6 is 0 Å². The van der Waals surface area contributed by atoms with Crippen LogP contribution in [0.25, 0.3) is 0 Å². The zero-order valence-corrected chi connectivity index (χ0v) is 11.7. The van der Waals surface area contributed by atoms with E-state index in [1.165, 1.54) is 30.2 Å². The molecule has 21 heavy (non-hydrogen) atoms. The number of carbonyl (C=O) groups is 3. The van der Waals surface area contributed by atoms with Crippen LogP contribution < -0.4 is 0 Å². The van der Waals surface area contributed by atoms with Gasteiger partial charge in [-0.2, -0.15) is 0 Å². The summed E-state index contributed by atoms with van der Waals surface area (Å²) in [6.45, 7) is 0.489. The summed E-state index contributed by atoms with van der Waals surface area (Å²) < 4.78 is 17.8. The topological polar surface area (TPSA) is 63.7 Å². The highest BCUT2D eigenvalue weighted by molar-refractivity contribution is 6.00. The normalized spacial score (nSPS) is 19.0. The summed E-state index contributed by atoms with van der Waals surface area (Å²) in [5, 5.41) is 0. The number of hydrogen-bond acceptors (Lipinski definition) is 4. The third kappa shape index (κ3) is 3.45. The van der Waals surface area contributed by atoms with Gasteiger partial charge in [-0.1, -0.05) is 6.07 Å². The number of rotatable bonds is 2. The van der Waals surface area contributed by atoms with Gasteiger partial charge >= 0.3 is 5.97 Å². The molecule has 112 valence electrons. The Bertz CT molecular complexity index is 573. The lowest BCUT2D eigenvalue weighted by molar-refractivity contribution is -0.149. The van der Waals surface area contributed by atoms with Crippen LogP contribution in [0.3, 0.4) is 0 Å². The fourth-order valence-corrected chi connectivity index (χ4v) is 2.38. The van der Waals surface area contributed by atoms with Crippen LogP contribution in [0.5, 0.6) is 0 Å². The highest BCUT2D eigenvalue weighted by Gasteiger charge is 2.32. The smallest absolute Gasteiger partial charge is 0.316 e. The van der Waals surface area contributed by atoms with E-state index in [0.29, 0.717) is 0 Å². The number of esters is 1. The second kappa shape index (κ2) is 6.47. The minimum atomic E-state index is -0.819. The van der Waals surface area contributed by atoms with E-state index in [0.717, 1.165) is 6.07 Å². The summed E-state index contributed by atoms with van der Waals surface area (Å²) in [5.41, 5.74) is 0.235. The van der Waals surface area contributed by atoms with Gasteiger partial charge in [0.1, 0.15) is 17.5 Å². The minimum absolute atomic E-state index is 0.0980. The highest BCUT2D eigenvalue weighted by atomic mass is 19.1. The summed E-state index contributed by atoms with van der Waals surface area (Å²) in [4.78, 5) is 37.2. The lowest BCUT2D eigenvalue weighted by Gasteiger charge is -2.20. The molecule has 1 aromatic rings. The van der Waals surface area contributed by atoms with Crippen molar-refractivity contribution in [1.82, 2.24) is 4.90 Å². The van der Waals surface area contributed by atoms with Crippen LogP contribution in [0.1, 0.15) is 23.2 Å². The van der Waals surface area contributed by atoms with Gasteiger partial charge in [0, 0.05) is 25.1 Å². The Balaban J connectivity index is 2.11. The first kappa shape index (κ1) is 15.2. The molecule has 1 aromatic carbocycles. The first-order chi connectivity index (χ1) is 10.0. The third-order valence-electron chi connectivity index (χ3n) is 3.55. The third-order valence-corrected chi connectivity index (χ3v) is 3.55. The van der Waals surface area contributed by atoms with Gasteiger partial charge in [-0.15, -0.1) is 0 Å². The second-order valence-corrected chi connectivity index (χ2v) is 4.88. The van der Waals surface area contributed by atoms with Crippen molar-refractivity contribution in [1.29, 1.82) is 0 Å². The number of carbonyl (C=O) groups excluding carboxylic acids is 3. The van der Waals surface area contributed by atoms with Crippen LogP contribution in [0.15, 0.2) is 24.3 Å². The summed E-state index contributed by atoms with van der Waals surface area (Å²) in [6.07, 6.45) is 0.327. The van der Waals surface area contributed by atoms with Crippen LogP contribution in [0.2, 0.25) is 0 Å². The van der Waals surface area contributed by atoms with E-state index in [1.807, 2.05) is 0 Å². The monoisotopic (exact) mass is 293 g/mol. The second-order valence-electron chi connectivity index (χ2n) is 4.88.